The van der Waals surface area contributed by atoms with Crippen LogP contribution in [-0.4, -0.2) is 17.6 Å². The lowest BCUT2D eigenvalue weighted by Crippen LogP contribution is -2.29. The van der Waals surface area contributed by atoms with E-state index in [0.717, 1.165) is 11.8 Å². The van der Waals surface area contributed by atoms with E-state index in [2.05, 4.69) is 9.72 Å². The van der Waals surface area contributed by atoms with Gasteiger partial charge in [0.1, 0.15) is 0 Å². The number of pyridine rings is 1. The number of para-hydroxylation sites is 1. The van der Waals surface area contributed by atoms with Gasteiger partial charge in [0, 0.05) is 17.1 Å². The monoisotopic (exact) mass is 341 g/mol. The van der Waals surface area contributed by atoms with E-state index in [1.807, 2.05) is 13.0 Å². The third kappa shape index (κ3) is 2.97. The van der Waals surface area contributed by atoms with Gasteiger partial charge in [0.05, 0.1) is 17.7 Å². The van der Waals surface area contributed by atoms with Gasteiger partial charge in [0.2, 0.25) is 0 Å². The number of aromatic nitrogens is 1. The quantitative estimate of drug-likeness (QED) is 0.636. The lowest BCUT2D eigenvalue weighted by molar-refractivity contribution is -0.173. The summed E-state index contributed by atoms with van der Waals surface area (Å²) in [6.45, 7) is 3.25. The molecule has 0 radical (unpaired) electrons. The molecule has 3 aromatic rings. The van der Waals surface area contributed by atoms with E-state index in [0.29, 0.717) is 22.0 Å². The lowest BCUT2D eigenvalue weighted by Gasteiger charge is -2.20. The summed E-state index contributed by atoms with van der Waals surface area (Å²) in [7, 11) is 0. The van der Waals surface area contributed by atoms with Gasteiger partial charge in [-0.25, -0.2) is 4.79 Å². The van der Waals surface area contributed by atoms with Gasteiger partial charge in [0.25, 0.3) is 0 Å². The third-order valence-electron chi connectivity index (χ3n) is 4.03. The van der Waals surface area contributed by atoms with Crippen molar-refractivity contribution in [2.45, 2.75) is 19.8 Å². The van der Waals surface area contributed by atoms with Crippen molar-refractivity contribution in [1.82, 2.24) is 4.98 Å². The highest BCUT2D eigenvalue weighted by atomic mass is 19.3. The molecule has 0 aliphatic rings. The van der Waals surface area contributed by atoms with Crippen molar-refractivity contribution in [2.24, 2.45) is 0 Å². The Balaban J connectivity index is 2.35. The normalized spacial score (nSPS) is 11.5. The van der Waals surface area contributed by atoms with Gasteiger partial charge in [0.15, 0.2) is 0 Å². The van der Waals surface area contributed by atoms with E-state index in [1.165, 1.54) is 6.92 Å². The molecule has 0 saturated heterocycles. The number of nitrogens with zero attached hydrogens (tertiary/aromatic N) is 1. The molecule has 0 aliphatic carbocycles. The number of carbonyl (C=O) groups excluding carboxylic acids is 1. The predicted molar refractivity (Wildman–Crippen MR) is 92.4 cm³/mol. The number of carbonyl (C=O) groups is 1. The molecule has 3 nitrogen and oxygen atoms in total. The molecule has 3 rings (SSSR count). The lowest BCUT2D eigenvalue weighted by atomic mass is 9.92. The summed E-state index contributed by atoms with van der Waals surface area (Å²) in [5.41, 5.74) is 1.95. The molecular weight excluding hydrogens is 324 g/mol. The molecule has 1 aromatic heterocycles. The van der Waals surface area contributed by atoms with Crippen molar-refractivity contribution in [3.8, 4) is 11.1 Å². The van der Waals surface area contributed by atoms with Crippen LogP contribution in [0.4, 0.5) is 8.78 Å². The zero-order valence-corrected chi connectivity index (χ0v) is 13.9. The number of rotatable bonds is 4. The second kappa shape index (κ2) is 6.59. The Hall–Kier alpha value is -2.82. The Kier molecular flexibility index (Phi) is 4.49. The molecule has 0 unspecified atom stereocenters. The molecule has 0 atom stereocenters. The van der Waals surface area contributed by atoms with E-state index in [4.69, 9.17) is 0 Å². The SMILES string of the molecule is CCOC(=O)C(F)(F)c1cnc2c(C)cccc2c1-c1ccccc1. The first kappa shape index (κ1) is 17.0. The molecule has 0 fully saturated rings. The van der Waals surface area contributed by atoms with Crippen molar-refractivity contribution < 1.29 is 18.3 Å². The Morgan fingerprint density at radius 3 is 2.52 bits per heavy atom. The minimum Gasteiger partial charge on any atom is -0.461 e. The molecule has 0 bridgehead atoms. The molecular formula is C20H17F2NO2. The average molecular weight is 341 g/mol. The van der Waals surface area contributed by atoms with Gasteiger partial charge in [-0.15, -0.1) is 0 Å². The predicted octanol–water partition coefficient (Wildman–Crippen LogP) is 4.87. The number of alkyl halides is 2. The highest BCUT2D eigenvalue weighted by molar-refractivity contribution is 5.99. The van der Waals surface area contributed by atoms with Crippen molar-refractivity contribution in [1.29, 1.82) is 0 Å². The smallest absolute Gasteiger partial charge is 0.382 e. The number of hydrogen-bond acceptors (Lipinski definition) is 3. The summed E-state index contributed by atoms with van der Waals surface area (Å²) in [4.78, 5) is 16.0. The first-order valence-electron chi connectivity index (χ1n) is 7.96. The third-order valence-corrected chi connectivity index (χ3v) is 4.03. The van der Waals surface area contributed by atoms with Gasteiger partial charge >= 0.3 is 11.9 Å². The van der Waals surface area contributed by atoms with Gasteiger partial charge in [-0.3, -0.25) is 4.98 Å². The zero-order valence-electron chi connectivity index (χ0n) is 13.9. The molecule has 128 valence electrons. The maximum atomic E-state index is 14.8. The summed E-state index contributed by atoms with van der Waals surface area (Å²) < 4.78 is 34.2. The fourth-order valence-electron chi connectivity index (χ4n) is 2.86. The van der Waals surface area contributed by atoms with Crippen LogP contribution >= 0.6 is 0 Å². The summed E-state index contributed by atoms with van der Waals surface area (Å²) in [6, 6.07) is 14.2. The number of fused-ring (bicyclic) bond motifs is 1. The topological polar surface area (TPSA) is 39.2 Å². The van der Waals surface area contributed by atoms with E-state index >= 15 is 0 Å². The molecule has 0 spiro atoms. The number of esters is 1. The van der Waals surface area contributed by atoms with E-state index in [-0.39, 0.29) is 6.61 Å². The highest BCUT2D eigenvalue weighted by Crippen LogP contribution is 2.40. The van der Waals surface area contributed by atoms with Crippen LogP contribution in [0.1, 0.15) is 18.1 Å². The maximum Gasteiger partial charge on any atom is 0.382 e. The number of hydrogen-bond donors (Lipinski definition) is 0. The number of aryl methyl sites for hydroxylation is 1. The first-order chi connectivity index (χ1) is 12.0. The second-order valence-corrected chi connectivity index (χ2v) is 5.68. The minimum absolute atomic E-state index is 0.116. The van der Waals surface area contributed by atoms with Crippen LogP contribution in [0.5, 0.6) is 0 Å². The molecule has 1 heterocycles. The Morgan fingerprint density at radius 1 is 1.12 bits per heavy atom. The van der Waals surface area contributed by atoms with Crippen molar-refractivity contribution in [3.63, 3.8) is 0 Å². The van der Waals surface area contributed by atoms with Gasteiger partial charge in [-0.05, 0) is 25.0 Å². The van der Waals surface area contributed by atoms with Crippen LogP contribution in [0.15, 0.2) is 54.7 Å². The van der Waals surface area contributed by atoms with Crippen LogP contribution < -0.4 is 0 Å². The van der Waals surface area contributed by atoms with E-state index < -0.39 is 17.5 Å². The van der Waals surface area contributed by atoms with Crippen LogP contribution in [0.3, 0.4) is 0 Å². The molecule has 0 N–H and O–H groups in total. The zero-order chi connectivity index (χ0) is 18.0. The number of halogens is 2. The summed E-state index contributed by atoms with van der Waals surface area (Å²) in [6.07, 6.45) is 1.08. The maximum absolute atomic E-state index is 14.8. The molecule has 0 amide bonds. The molecule has 2 aromatic carbocycles. The van der Waals surface area contributed by atoms with Crippen LogP contribution in [0.2, 0.25) is 0 Å². The highest BCUT2D eigenvalue weighted by Gasteiger charge is 2.45. The number of benzene rings is 2. The Morgan fingerprint density at radius 2 is 1.84 bits per heavy atom. The van der Waals surface area contributed by atoms with Crippen molar-refractivity contribution in [2.75, 3.05) is 6.61 Å². The molecule has 5 heteroatoms. The van der Waals surface area contributed by atoms with Crippen LogP contribution in [0, 0.1) is 6.92 Å². The summed E-state index contributed by atoms with van der Waals surface area (Å²) in [5.74, 6) is -5.35. The Labute approximate surface area is 144 Å². The van der Waals surface area contributed by atoms with E-state index in [1.54, 1.807) is 42.5 Å². The summed E-state index contributed by atoms with van der Waals surface area (Å²) >= 11 is 0. The van der Waals surface area contributed by atoms with Crippen LogP contribution in [0.25, 0.3) is 22.0 Å². The van der Waals surface area contributed by atoms with E-state index in [9.17, 15) is 13.6 Å². The second-order valence-electron chi connectivity index (χ2n) is 5.68. The molecule has 25 heavy (non-hydrogen) atoms. The number of ether oxygens (including phenoxy) is 1. The fraction of sp³-hybridized carbons (Fsp3) is 0.200. The first-order valence-corrected chi connectivity index (χ1v) is 7.96. The molecule has 0 aliphatic heterocycles. The minimum atomic E-state index is -3.79. The Bertz CT molecular complexity index is 924. The fourth-order valence-corrected chi connectivity index (χ4v) is 2.86. The van der Waals surface area contributed by atoms with Gasteiger partial charge in [-0.1, -0.05) is 48.5 Å². The van der Waals surface area contributed by atoms with Gasteiger partial charge in [-0.2, -0.15) is 8.78 Å². The standard InChI is InChI=1S/C20H17F2NO2/c1-3-25-19(24)20(21,22)16-12-23-18-13(2)8-7-11-15(18)17(16)14-9-5-4-6-10-14/h4-12H,3H2,1-2H3. The van der Waals surface area contributed by atoms with Crippen molar-refractivity contribution in [3.05, 3.63) is 65.9 Å². The summed E-state index contributed by atoms with van der Waals surface area (Å²) in [5, 5.41) is 0.577. The molecule has 0 saturated carbocycles. The largest absolute Gasteiger partial charge is 0.461 e. The average Bonchev–Trinajstić information content (AvgIpc) is 2.62. The van der Waals surface area contributed by atoms with Gasteiger partial charge < -0.3 is 4.74 Å². The van der Waals surface area contributed by atoms with Crippen molar-refractivity contribution >= 4 is 16.9 Å². The van der Waals surface area contributed by atoms with Crippen LogP contribution in [-0.2, 0) is 15.5 Å².